The van der Waals surface area contributed by atoms with Gasteiger partial charge in [-0.25, -0.2) is 4.68 Å². The first-order valence-corrected chi connectivity index (χ1v) is 8.67. The van der Waals surface area contributed by atoms with Crippen molar-refractivity contribution in [2.75, 3.05) is 6.54 Å². The van der Waals surface area contributed by atoms with Crippen molar-refractivity contribution in [3.63, 3.8) is 0 Å². The van der Waals surface area contributed by atoms with Gasteiger partial charge in [-0.3, -0.25) is 9.59 Å². The number of aryl methyl sites for hydroxylation is 1. The summed E-state index contributed by atoms with van der Waals surface area (Å²) in [4.78, 5) is 22.7. The molecule has 0 saturated heterocycles. The number of hydrogen-bond donors (Lipinski definition) is 2. The Hall–Kier alpha value is -2.34. The second-order valence-corrected chi connectivity index (χ2v) is 6.30. The molecule has 25 heavy (non-hydrogen) atoms. The van der Waals surface area contributed by atoms with E-state index in [9.17, 15) is 9.59 Å². The van der Waals surface area contributed by atoms with Gasteiger partial charge in [0.25, 0.3) is 5.91 Å². The lowest BCUT2D eigenvalue weighted by Crippen LogP contribution is -2.24. The van der Waals surface area contributed by atoms with Crippen molar-refractivity contribution in [1.29, 1.82) is 0 Å². The van der Waals surface area contributed by atoms with Crippen LogP contribution in [0.4, 0.5) is 0 Å². The van der Waals surface area contributed by atoms with Crippen LogP contribution in [0.25, 0.3) is 5.69 Å². The lowest BCUT2D eigenvalue weighted by Gasteiger charge is -2.04. The van der Waals surface area contributed by atoms with Gasteiger partial charge in [0.2, 0.25) is 0 Å². The third-order valence-electron chi connectivity index (χ3n) is 3.84. The number of hydrogen-bond acceptors (Lipinski definition) is 3. The van der Waals surface area contributed by atoms with Crippen LogP contribution < -0.4 is 5.32 Å². The molecule has 6 nitrogen and oxygen atoms in total. The highest BCUT2D eigenvalue weighted by Gasteiger charge is 2.13. The predicted molar refractivity (Wildman–Crippen MR) is 96.4 cm³/mol. The number of carboxylic acid groups (broad SMARTS) is 1. The molecule has 134 valence electrons. The average Bonchev–Trinajstić information content (AvgIpc) is 2.96. The number of nitrogens with one attached hydrogen (secondary N) is 1. The fraction of sp³-hybridized carbons (Fsp3) is 0.389. The van der Waals surface area contributed by atoms with Crippen LogP contribution in [-0.4, -0.2) is 33.3 Å². The maximum absolute atomic E-state index is 12.3. The Morgan fingerprint density at radius 1 is 1.16 bits per heavy atom. The summed E-state index contributed by atoms with van der Waals surface area (Å²) < 4.78 is 1.66. The third-order valence-corrected chi connectivity index (χ3v) is 4.09. The topological polar surface area (TPSA) is 84.2 Å². The van der Waals surface area contributed by atoms with Gasteiger partial charge in [0, 0.05) is 24.2 Å². The van der Waals surface area contributed by atoms with E-state index >= 15 is 0 Å². The Morgan fingerprint density at radius 3 is 2.52 bits per heavy atom. The van der Waals surface area contributed by atoms with Crippen LogP contribution in [0.3, 0.4) is 0 Å². The molecule has 2 rings (SSSR count). The Balaban J connectivity index is 1.82. The van der Waals surface area contributed by atoms with E-state index < -0.39 is 5.97 Å². The van der Waals surface area contributed by atoms with Crippen LogP contribution in [-0.2, 0) is 4.79 Å². The van der Waals surface area contributed by atoms with Crippen LogP contribution in [0, 0.1) is 6.92 Å². The maximum Gasteiger partial charge on any atom is 0.303 e. The van der Waals surface area contributed by atoms with Crippen molar-refractivity contribution in [1.82, 2.24) is 15.1 Å². The Kier molecular flexibility index (Phi) is 7.01. The summed E-state index contributed by atoms with van der Waals surface area (Å²) in [6, 6.07) is 7.23. The number of rotatable bonds is 9. The van der Waals surface area contributed by atoms with E-state index in [0.717, 1.165) is 24.9 Å². The molecular formula is C18H22ClN3O3. The molecule has 0 unspecified atom stereocenters. The van der Waals surface area contributed by atoms with E-state index in [1.54, 1.807) is 29.9 Å². The van der Waals surface area contributed by atoms with Gasteiger partial charge in [-0.15, -0.1) is 0 Å². The summed E-state index contributed by atoms with van der Waals surface area (Å²) in [6.07, 6.45) is 5.18. The number of unbranched alkanes of at least 4 members (excludes halogenated alkanes) is 3. The molecule has 0 aliphatic rings. The van der Waals surface area contributed by atoms with Crippen LogP contribution in [0.5, 0.6) is 0 Å². The van der Waals surface area contributed by atoms with Crippen LogP contribution in [0.1, 0.15) is 48.2 Å². The molecule has 1 aromatic carbocycles. The summed E-state index contributed by atoms with van der Waals surface area (Å²) in [5, 5.41) is 16.5. The minimum Gasteiger partial charge on any atom is -0.481 e. The molecule has 0 bridgehead atoms. The monoisotopic (exact) mass is 363 g/mol. The predicted octanol–water partition coefficient (Wildman–Crippen LogP) is 3.60. The zero-order valence-corrected chi connectivity index (χ0v) is 14.9. The van der Waals surface area contributed by atoms with Gasteiger partial charge in [0.05, 0.1) is 16.9 Å². The number of amides is 1. The quantitative estimate of drug-likeness (QED) is 0.667. The molecule has 2 N–H and O–H groups in total. The van der Waals surface area contributed by atoms with E-state index in [4.69, 9.17) is 16.7 Å². The fourth-order valence-corrected chi connectivity index (χ4v) is 2.59. The van der Waals surface area contributed by atoms with Crippen molar-refractivity contribution >= 4 is 23.5 Å². The van der Waals surface area contributed by atoms with Gasteiger partial charge in [-0.2, -0.15) is 5.10 Å². The minimum atomic E-state index is -0.763. The summed E-state index contributed by atoms with van der Waals surface area (Å²) in [6.45, 7) is 2.37. The van der Waals surface area contributed by atoms with E-state index in [0.29, 0.717) is 29.2 Å². The Morgan fingerprint density at radius 2 is 1.84 bits per heavy atom. The maximum atomic E-state index is 12.3. The first-order valence-electron chi connectivity index (χ1n) is 8.29. The lowest BCUT2D eigenvalue weighted by atomic mass is 10.1. The van der Waals surface area contributed by atoms with E-state index in [2.05, 4.69) is 10.4 Å². The molecule has 2 aromatic rings. The Bertz CT molecular complexity index is 726. The normalized spacial score (nSPS) is 10.6. The van der Waals surface area contributed by atoms with E-state index in [-0.39, 0.29) is 12.3 Å². The smallest absolute Gasteiger partial charge is 0.303 e. The van der Waals surface area contributed by atoms with Gasteiger partial charge in [-0.1, -0.05) is 24.4 Å². The standard InChI is InChI=1S/C18H22ClN3O3/c1-13-16(12-22(21-13)15-9-7-14(19)8-10-15)18(25)20-11-5-3-2-4-6-17(23)24/h7-10,12H,2-6,11H2,1H3,(H,20,25)(H,23,24). The average molecular weight is 364 g/mol. The minimum absolute atomic E-state index is 0.150. The molecule has 1 amide bonds. The Labute approximate surface area is 151 Å². The largest absolute Gasteiger partial charge is 0.481 e. The molecule has 0 saturated carbocycles. The second kappa shape index (κ2) is 9.22. The molecular weight excluding hydrogens is 342 g/mol. The number of benzene rings is 1. The van der Waals surface area contributed by atoms with Gasteiger partial charge in [0.1, 0.15) is 0 Å². The van der Waals surface area contributed by atoms with Crippen molar-refractivity contribution in [2.45, 2.75) is 39.0 Å². The summed E-state index contributed by atoms with van der Waals surface area (Å²) in [5.41, 5.74) is 2.04. The molecule has 0 spiro atoms. The zero-order valence-electron chi connectivity index (χ0n) is 14.2. The van der Waals surface area contributed by atoms with Crippen molar-refractivity contribution < 1.29 is 14.7 Å². The number of halogens is 1. The fourth-order valence-electron chi connectivity index (χ4n) is 2.46. The zero-order chi connectivity index (χ0) is 18.2. The van der Waals surface area contributed by atoms with Crippen LogP contribution in [0.15, 0.2) is 30.5 Å². The first kappa shape index (κ1) is 19.0. The van der Waals surface area contributed by atoms with Crippen LogP contribution in [0.2, 0.25) is 5.02 Å². The number of carbonyl (C=O) groups excluding carboxylic acids is 1. The van der Waals surface area contributed by atoms with Crippen LogP contribution >= 0.6 is 11.6 Å². The van der Waals surface area contributed by atoms with Crippen molar-refractivity contribution in [2.24, 2.45) is 0 Å². The molecule has 1 heterocycles. The molecule has 0 fully saturated rings. The number of carbonyl (C=O) groups is 2. The summed E-state index contributed by atoms with van der Waals surface area (Å²) in [5.74, 6) is -0.912. The highest BCUT2D eigenvalue weighted by Crippen LogP contribution is 2.15. The lowest BCUT2D eigenvalue weighted by molar-refractivity contribution is -0.137. The van der Waals surface area contributed by atoms with Gasteiger partial charge >= 0.3 is 5.97 Å². The molecule has 0 atom stereocenters. The van der Waals surface area contributed by atoms with E-state index in [1.165, 1.54) is 0 Å². The first-order chi connectivity index (χ1) is 12.0. The number of nitrogens with zero attached hydrogens (tertiary/aromatic N) is 2. The number of aromatic nitrogens is 2. The number of carboxylic acids is 1. The molecule has 0 aliphatic heterocycles. The van der Waals surface area contributed by atoms with E-state index in [1.807, 2.05) is 12.1 Å². The third kappa shape index (κ3) is 5.90. The molecule has 0 radical (unpaired) electrons. The summed E-state index contributed by atoms with van der Waals surface area (Å²) in [7, 11) is 0. The second-order valence-electron chi connectivity index (χ2n) is 5.86. The highest BCUT2D eigenvalue weighted by atomic mass is 35.5. The van der Waals surface area contributed by atoms with Crippen molar-refractivity contribution in [3.05, 3.63) is 46.7 Å². The SMILES string of the molecule is Cc1nn(-c2ccc(Cl)cc2)cc1C(=O)NCCCCCCC(=O)O. The molecule has 0 aliphatic carbocycles. The van der Waals surface area contributed by atoms with Crippen molar-refractivity contribution in [3.8, 4) is 5.69 Å². The highest BCUT2D eigenvalue weighted by molar-refractivity contribution is 6.30. The van der Waals surface area contributed by atoms with Gasteiger partial charge in [-0.05, 0) is 44.0 Å². The summed E-state index contributed by atoms with van der Waals surface area (Å²) >= 11 is 5.88. The van der Waals surface area contributed by atoms with Gasteiger partial charge < -0.3 is 10.4 Å². The van der Waals surface area contributed by atoms with Gasteiger partial charge in [0.15, 0.2) is 0 Å². The number of aliphatic carboxylic acids is 1. The molecule has 7 heteroatoms. The molecule has 1 aromatic heterocycles.